The maximum Gasteiger partial charge on any atom is 0.227 e. The topological polar surface area (TPSA) is 110 Å². The van der Waals surface area contributed by atoms with Crippen LogP contribution in [0.15, 0.2) is 146 Å². The Balaban J connectivity index is 0.000000184. The molecule has 74 heavy (non-hydrogen) atoms. The van der Waals surface area contributed by atoms with E-state index in [0.29, 0.717) is 17.4 Å². The Bertz CT molecular complexity index is 2550. The Kier molecular flexibility index (Phi) is 23.2. The summed E-state index contributed by atoms with van der Waals surface area (Å²) in [5.74, 6) is 2.13. The molecular weight excluding hydrogens is 941 g/mol. The number of nitriles is 1. The van der Waals surface area contributed by atoms with E-state index in [1.165, 1.54) is 67.0 Å². The van der Waals surface area contributed by atoms with Gasteiger partial charge < -0.3 is 24.4 Å². The summed E-state index contributed by atoms with van der Waals surface area (Å²) in [7, 11) is 2.22. The van der Waals surface area contributed by atoms with E-state index < -0.39 is 23.3 Å². The molecule has 5 atom stereocenters. The summed E-state index contributed by atoms with van der Waals surface area (Å²) in [6.07, 6.45) is 8.37. The first-order valence-electron chi connectivity index (χ1n) is 25.7. The highest BCUT2D eigenvalue weighted by molar-refractivity contribution is 5.80. The van der Waals surface area contributed by atoms with Crippen molar-refractivity contribution >= 4 is 23.8 Å². The van der Waals surface area contributed by atoms with Gasteiger partial charge in [0.25, 0.3) is 0 Å². The maximum absolute atomic E-state index is 13.2. The highest BCUT2D eigenvalue weighted by atomic mass is 19.1. The molecule has 0 bridgehead atoms. The van der Waals surface area contributed by atoms with E-state index in [4.69, 9.17) is 5.26 Å². The van der Waals surface area contributed by atoms with Gasteiger partial charge in [-0.2, -0.15) is 10.4 Å². The lowest BCUT2D eigenvalue weighted by Gasteiger charge is -2.45. The van der Waals surface area contributed by atoms with Crippen LogP contribution in [0.5, 0.6) is 0 Å². The predicted octanol–water partition coefficient (Wildman–Crippen LogP) is 12.0. The van der Waals surface area contributed by atoms with Crippen molar-refractivity contribution in [3.8, 4) is 6.07 Å². The lowest BCUT2D eigenvalue weighted by molar-refractivity contribution is -0.138. The number of nitrogens with zero attached hydrogens (tertiary/aromatic N) is 8. The van der Waals surface area contributed by atoms with Gasteiger partial charge in [-0.1, -0.05) is 107 Å². The molecule has 4 fully saturated rings. The Hall–Kier alpha value is -6.98. The molecule has 4 aromatic carbocycles. The SMILES string of the molecule is CC.CC1(C)CN(C(=O)C2CCN(c3cccnn3)C2)CCC1c1ccccc1.C[C@@H]1CN(C)CCC1c1ccccc1.Fc1cccc(F)c1.Fc1cccc(F)c1.N#Cc1ccc(N2CCC(C=O)C2)nc1. The number of aromatic nitrogens is 3. The molecule has 6 heterocycles. The van der Waals surface area contributed by atoms with Gasteiger partial charge in [0.2, 0.25) is 5.91 Å². The number of pyridine rings is 1. The van der Waals surface area contributed by atoms with Crippen LogP contribution in [0.1, 0.15) is 88.8 Å². The number of hydrogen-bond acceptors (Lipinski definition) is 9. The van der Waals surface area contributed by atoms with Gasteiger partial charge in [0, 0.05) is 76.3 Å². The summed E-state index contributed by atoms with van der Waals surface area (Å²) in [5, 5.41) is 16.8. The van der Waals surface area contributed by atoms with Gasteiger partial charge in [-0.25, -0.2) is 22.5 Å². The third-order valence-corrected chi connectivity index (χ3v) is 13.7. The summed E-state index contributed by atoms with van der Waals surface area (Å²) in [6.45, 7) is 18.3. The van der Waals surface area contributed by atoms with Crippen molar-refractivity contribution < 1.29 is 27.2 Å². The third-order valence-electron chi connectivity index (χ3n) is 13.7. The molecule has 1 amide bonds. The first-order valence-corrected chi connectivity index (χ1v) is 25.7. The van der Waals surface area contributed by atoms with Crippen molar-refractivity contribution in [1.82, 2.24) is 25.0 Å². The van der Waals surface area contributed by atoms with Gasteiger partial charge in [-0.05, 0) is 122 Å². The summed E-state index contributed by atoms with van der Waals surface area (Å²) >= 11 is 0. The number of likely N-dealkylation sites (tertiary alicyclic amines) is 2. The van der Waals surface area contributed by atoms with E-state index >= 15 is 0 Å². The number of carbonyl (C=O) groups is 2. The number of rotatable bonds is 6. The van der Waals surface area contributed by atoms with Crippen LogP contribution in [-0.4, -0.2) is 96.6 Å². The molecule has 0 radical (unpaired) electrons. The first-order chi connectivity index (χ1) is 35.7. The fraction of sp³-hybridized carbons (Fsp3) is 0.400. The van der Waals surface area contributed by atoms with E-state index in [9.17, 15) is 27.2 Å². The summed E-state index contributed by atoms with van der Waals surface area (Å²) in [4.78, 5) is 36.7. The van der Waals surface area contributed by atoms with Crippen molar-refractivity contribution in [2.75, 3.05) is 69.2 Å². The van der Waals surface area contributed by atoms with Crippen molar-refractivity contribution in [1.29, 1.82) is 5.26 Å². The van der Waals surface area contributed by atoms with Crippen LogP contribution in [0, 0.1) is 57.8 Å². The van der Waals surface area contributed by atoms with Gasteiger partial charge in [-0.15, -0.1) is 5.10 Å². The van der Waals surface area contributed by atoms with Crippen LogP contribution in [0.4, 0.5) is 29.2 Å². The molecule has 4 aliphatic heterocycles. The van der Waals surface area contributed by atoms with Crippen LogP contribution < -0.4 is 9.80 Å². The minimum Gasteiger partial charge on any atom is -0.356 e. The van der Waals surface area contributed by atoms with Crippen LogP contribution in [0.25, 0.3) is 0 Å². The van der Waals surface area contributed by atoms with Crippen molar-refractivity contribution in [2.45, 2.75) is 72.1 Å². The number of halogens is 4. The largest absolute Gasteiger partial charge is 0.356 e. The maximum atomic E-state index is 13.2. The number of piperidine rings is 2. The molecule has 2 aromatic heterocycles. The number of benzene rings is 4. The fourth-order valence-electron chi connectivity index (χ4n) is 9.95. The molecule has 10 rings (SSSR count). The Morgan fingerprint density at radius 3 is 1.76 bits per heavy atom. The highest BCUT2D eigenvalue weighted by Gasteiger charge is 2.41. The Labute approximate surface area is 436 Å². The molecule has 0 N–H and O–H groups in total. The predicted molar refractivity (Wildman–Crippen MR) is 286 cm³/mol. The number of anilines is 2. The second kappa shape index (κ2) is 29.7. The molecule has 0 spiro atoms. The fourth-order valence-corrected chi connectivity index (χ4v) is 9.95. The zero-order chi connectivity index (χ0) is 53.5. The molecule has 4 saturated heterocycles. The molecule has 14 heteroatoms. The van der Waals surface area contributed by atoms with Crippen LogP contribution in [0.3, 0.4) is 0 Å². The summed E-state index contributed by atoms with van der Waals surface area (Å²) in [5.41, 5.74) is 3.56. The number of carbonyl (C=O) groups excluding carboxylic acids is 2. The molecule has 4 aliphatic rings. The molecule has 4 unspecified atom stereocenters. The van der Waals surface area contributed by atoms with Crippen molar-refractivity contribution in [2.24, 2.45) is 23.2 Å². The van der Waals surface area contributed by atoms with E-state index in [2.05, 4.69) is 123 Å². The third kappa shape index (κ3) is 17.9. The molecule has 0 aliphatic carbocycles. The van der Waals surface area contributed by atoms with Crippen molar-refractivity contribution in [3.05, 3.63) is 186 Å². The zero-order valence-corrected chi connectivity index (χ0v) is 43.7. The average molecular weight is 1010 g/mol. The van der Waals surface area contributed by atoms with Gasteiger partial charge in [0.05, 0.1) is 11.5 Å². The van der Waals surface area contributed by atoms with Crippen LogP contribution >= 0.6 is 0 Å². The normalized spacial score (nSPS) is 20.7. The Morgan fingerprint density at radius 2 is 1.27 bits per heavy atom. The van der Waals surface area contributed by atoms with Crippen LogP contribution in [0.2, 0.25) is 0 Å². The van der Waals surface area contributed by atoms with E-state index in [1.807, 2.05) is 38.1 Å². The van der Waals surface area contributed by atoms with E-state index in [0.717, 1.165) is 100 Å². The monoisotopic (exact) mass is 1010 g/mol. The average Bonchev–Trinajstić information content (AvgIpc) is 4.12. The molecular formula is C60H72F4N8O2. The standard InChI is InChI=1S/C22H28N4O.C13H19N.C11H11N3O.2C6H4F2.C2H6/c1-22(2)16-26(14-11-19(22)17-7-4-3-5-8-17)21(27)18-10-13-25(15-18)20-9-6-12-23-24-20;1-11-10-14(2)9-8-13(11)12-6-4-3-5-7-12;12-5-9-1-2-11(13-6-9)14-4-3-10(7-14)8-15;2*7-5-2-1-3-6(8)4-5;1-2/h3-9,12,18-19H,10-11,13-16H2,1-2H3;3-7,11,13H,8-10H2,1-2H3;1-2,6,8,10H,3-4,7H2;2*1-4H;1-2H3/t;11-,13?;;;;/m.1..../s1. The molecule has 392 valence electrons. The molecule has 6 aromatic rings. The van der Waals surface area contributed by atoms with Gasteiger partial charge in [0.1, 0.15) is 41.4 Å². The zero-order valence-electron chi connectivity index (χ0n) is 43.7. The van der Waals surface area contributed by atoms with Gasteiger partial charge in [-0.3, -0.25) is 4.79 Å². The number of amides is 1. The highest BCUT2D eigenvalue weighted by Crippen LogP contribution is 2.43. The van der Waals surface area contributed by atoms with Gasteiger partial charge in [0.15, 0.2) is 5.82 Å². The summed E-state index contributed by atoms with van der Waals surface area (Å²) in [6, 6.07) is 40.3. The van der Waals surface area contributed by atoms with E-state index in [1.54, 1.807) is 18.5 Å². The molecule has 10 nitrogen and oxygen atoms in total. The lowest BCUT2D eigenvalue weighted by Crippen LogP contribution is -2.49. The Morgan fingerprint density at radius 1 is 0.676 bits per heavy atom. The van der Waals surface area contributed by atoms with Crippen LogP contribution in [-0.2, 0) is 9.59 Å². The van der Waals surface area contributed by atoms with E-state index in [-0.39, 0.29) is 17.3 Å². The second-order valence-corrected chi connectivity index (χ2v) is 19.6. The first kappa shape index (κ1) is 57.9. The lowest BCUT2D eigenvalue weighted by atomic mass is 9.70. The number of hydrogen-bond donors (Lipinski definition) is 0. The van der Waals surface area contributed by atoms with Gasteiger partial charge >= 0.3 is 0 Å². The second-order valence-electron chi connectivity index (χ2n) is 19.6. The molecule has 0 saturated carbocycles. The number of aldehydes is 1. The minimum absolute atomic E-state index is 0.0658. The van der Waals surface area contributed by atoms with Crippen molar-refractivity contribution in [3.63, 3.8) is 0 Å². The minimum atomic E-state index is -0.537. The smallest absolute Gasteiger partial charge is 0.227 e. The summed E-state index contributed by atoms with van der Waals surface area (Å²) < 4.78 is 47.7. The quantitative estimate of drug-likeness (QED) is 0.119.